The van der Waals surface area contributed by atoms with Crippen molar-refractivity contribution in [2.24, 2.45) is 0 Å². The third-order valence-electron chi connectivity index (χ3n) is 6.61. The SMILES string of the molecule is CCCCC(CC(=O)N(CC(=O)O)C1CC1)NC(=O)OCC1c2ccccc2-c2ccccc21. The molecule has 0 aliphatic heterocycles. The topological polar surface area (TPSA) is 95.9 Å². The normalized spacial score (nSPS) is 15.2. The number of hydrogen-bond donors (Lipinski definition) is 2. The van der Waals surface area contributed by atoms with Gasteiger partial charge in [0.1, 0.15) is 13.2 Å². The standard InChI is InChI=1S/C27H32N2O5/c1-2-3-8-18(15-25(30)29(16-26(31)32)19-13-14-19)28-27(33)34-17-24-22-11-6-4-9-20(22)21-10-5-7-12-23(21)24/h4-7,9-12,18-19,24H,2-3,8,13-17H2,1H3,(H,28,33)(H,31,32). The second kappa shape index (κ2) is 10.7. The number of fused-ring (bicyclic) bond motifs is 3. The second-order valence-corrected chi connectivity index (χ2v) is 9.16. The Bertz CT molecular complexity index is 1000. The van der Waals surface area contributed by atoms with Gasteiger partial charge in [0.25, 0.3) is 0 Å². The van der Waals surface area contributed by atoms with Gasteiger partial charge in [0, 0.05) is 24.4 Å². The molecule has 2 aromatic carbocycles. The third kappa shape index (κ3) is 5.58. The summed E-state index contributed by atoms with van der Waals surface area (Å²) in [4.78, 5) is 38.2. The first-order chi connectivity index (χ1) is 16.5. The maximum absolute atomic E-state index is 12.8. The van der Waals surface area contributed by atoms with Gasteiger partial charge in [-0.3, -0.25) is 9.59 Å². The Balaban J connectivity index is 1.38. The number of amides is 2. The Kier molecular flexibility index (Phi) is 7.50. The molecule has 4 rings (SSSR count). The molecule has 0 bridgehead atoms. The van der Waals surface area contributed by atoms with Crippen LogP contribution in [0.1, 0.15) is 62.5 Å². The second-order valence-electron chi connectivity index (χ2n) is 9.16. The fourth-order valence-corrected chi connectivity index (χ4v) is 4.76. The fraction of sp³-hybridized carbons (Fsp3) is 0.444. The molecule has 1 fully saturated rings. The number of unbranched alkanes of at least 4 members (excludes halogenated alkanes) is 1. The number of rotatable bonds is 11. The number of nitrogens with zero attached hydrogens (tertiary/aromatic N) is 1. The van der Waals surface area contributed by atoms with Crippen molar-refractivity contribution in [3.63, 3.8) is 0 Å². The molecule has 2 amide bonds. The molecular weight excluding hydrogens is 432 g/mol. The Hall–Kier alpha value is -3.35. The van der Waals surface area contributed by atoms with Crippen LogP contribution in [0, 0.1) is 0 Å². The number of carbonyl (C=O) groups is 3. The summed E-state index contributed by atoms with van der Waals surface area (Å²) in [6.07, 6.45) is 3.61. The van der Waals surface area contributed by atoms with Gasteiger partial charge < -0.3 is 20.1 Å². The molecule has 1 unspecified atom stereocenters. The number of nitrogens with one attached hydrogen (secondary N) is 1. The summed E-state index contributed by atoms with van der Waals surface area (Å²) in [5.41, 5.74) is 4.61. The van der Waals surface area contributed by atoms with Gasteiger partial charge in [-0.05, 0) is 41.5 Å². The van der Waals surface area contributed by atoms with E-state index in [-0.39, 0.29) is 37.4 Å². The Morgan fingerprint density at radius 2 is 1.68 bits per heavy atom. The molecule has 1 saturated carbocycles. The predicted octanol–water partition coefficient (Wildman–Crippen LogP) is 4.55. The van der Waals surface area contributed by atoms with Crippen molar-refractivity contribution in [2.45, 2.75) is 63.5 Å². The highest BCUT2D eigenvalue weighted by atomic mass is 16.5. The van der Waals surface area contributed by atoms with E-state index in [4.69, 9.17) is 9.84 Å². The molecule has 34 heavy (non-hydrogen) atoms. The van der Waals surface area contributed by atoms with Crippen molar-refractivity contribution in [3.05, 3.63) is 59.7 Å². The van der Waals surface area contributed by atoms with Gasteiger partial charge in [0.15, 0.2) is 0 Å². The lowest BCUT2D eigenvalue weighted by atomic mass is 9.98. The van der Waals surface area contributed by atoms with E-state index < -0.39 is 18.1 Å². The number of carboxylic acid groups (broad SMARTS) is 1. The Morgan fingerprint density at radius 1 is 1.06 bits per heavy atom. The van der Waals surface area contributed by atoms with Crippen molar-refractivity contribution in [2.75, 3.05) is 13.2 Å². The minimum Gasteiger partial charge on any atom is -0.480 e. The molecule has 1 atom stereocenters. The van der Waals surface area contributed by atoms with E-state index in [9.17, 15) is 14.4 Å². The number of alkyl carbamates (subject to hydrolysis) is 1. The van der Waals surface area contributed by atoms with Crippen molar-refractivity contribution in [1.29, 1.82) is 0 Å². The number of benzene rings is 2. The molecule has 0 radical (unpaired) electrons. The average Bonchev–Trinajstić information content (AvgIpc) is 3.62. The van der Waals surface area contributed by atoms with E-state index in [1.807, 2.05) is 31.2 Å². The highest BCUT2D eigenvalue weighted by Crippen LogP contribution is 2.44. The highest BCUT2D eigenvalue weighted by Gasteiger charge is 2.35. The summed E-state index contributed by atoms with van der Waals surface area (Å²) in [6, 6.07) is 15.9. The molecule has 2 N–H and O–H groups in total. The van der Waals surface area contributed by atoms with Crippen molar-refractivity contribution in [3.8, 4) is 11.1 Å². The summed E-state index contributed by atoms with van der Waals surface area (Å²) < 4.78 is 5.65. The lowest BCUT2D eigenvalue weighted by Gasteiger charge is -2.24. The summed E-state index contributed by atoms with van der Waals surface area (Å²) in [5, 5.41) is 12.0. The summed E-state index contributed by atoms with van der Waals surface area (Å²) in [7, 11) is 0. The van der Waals surface area contributed by atoms with Crippen LogP contribution in [0.3, 0.4) is 0 Å². The molecule has 180 valence electrons. The number of ether oxygens (including phenoxy) is 1. The molecule has 0 heterocycles. The van der Waals surface area contributed by atoms with Crippen LogP contribution < -0.4 is 5.32 Å². The zero-order valence-corrected chi connectivity index (χ0v) is 19.5. The van der Waals surface area contributed by atoms with E-state index in [0.717, 1.165) is 47.9 Å². The number of carbonyl (C=O) groups excluding carboxylic acids is 2. The molecule has 2 aliphatic carbocycles. The maximum atomic E-state index is 12.8. The predicted molar refractivity (Wildman–Crippen MR) is 129 cm³/mol. The molecule has 0 saturated heterocycles. The van der Waals surface area contributed by atoms with E-state index in [2.05, 4.69) is 29.6 Å². The Labute approximate surface area is 200 Å². The molecule has 0 spiro atoms. The summed E-state index contributed by atoms with van der Waals surface area (Å²) in [5.74, 6) is -1.28. The number of aliphatic carboxylic acids is 1. The monoisotopic (exact) mass is 464 g/mol. The molecule has 2 aromatic rings. The van der Waals surface area contributed by atoms with Crippen molar-refractivity contribution in [1.82, 2.24) is 10.2 Å². The lowest BCUT2D eigenvalue weighted by molar-refractivity contribution is -0.145. The van der Waals surface area contributed by atoms with Crippen LogP contribution in [0.25, 0.3) is 11.1 Å². The maximum Gasteiger partial charge on any atom is 0.407 e. The first-order valence-electron chi connectivity index (χ1n) is 12.1. The minimum absolute atomic E-state index is 0.00452. The first kappa shape index (κ1) is 23.8. The van der Waals surface area contributed by atoms with Crippen LogP contribution in [0.15, 0.2) is 48.5 Å². The largest absolute Gasteiger partial charge is 0.480 e. The third-order valence-corrected chi connectivity index (χ3v) is 6.61. The lowest BCUT2D eigenvalue weighted by Crippen LogP contribution is -2.43. The van der Waals surface area contributed by atoms with Gasteiger partial charge in [0.05, 0.1) is 0 Å². The quantitative estimate of drug-likeness (QED) is 0.509. The van der Waals surface area contributed by atoms with E-state index >= 15 is 0 Å². The van der Waals surface area contributed by atoms with Gasteiger partial charge in [0.2, 0.25) is 5.91 Å². The van der Waals surface area contributed by atoms with Gasteiger partial charge in [-0.1, -0.05) is 68.3 Å². The minimum atomic E-state index is -1.02. The first-order valence-corrected chi connectivity index (χ1v) is 12.1. The van der Waals surface area contributed by atoms with E-state index in [0.29, 0.717) is 6.42 Å². The Morgan fingerprint density at radius 3 is 2.24 bits per heavy atom. The van der Waals surface area contributed by atoms with Gasteiger partial charge >= 0.3 is 12.1 Å². The van der Waals surface area contributed by atoms with Crippen molar-refractivity contribution >= 4 is 18.0 Å². The fourth-order valence-electron chi connectivity index (χ4n) is 4.76. The number of carboxylic acids is 1. The molecule has 2 aliphatic rings. The van der Waals surface area contributed by atoms with E-state index in [1.165, 1.54) is 4.90 Å². The molecule has 7 nitrogen and oxygen atoms in total. The van der Waals surface area contributed by atoms with Gasteiger partial charge in [-0.15, -0.1) is 0 Å². The van der Waals surface area contributed by atoms with Crippen molar-refractivity contribution < 1.29 is 24.2 Å². The van der Waals surface area contributed by atoms with Crippen LogP contribution in [0.5, 0.6) is 0 Å². The highest BCUT2D eigenvalue weighted by molar-refractivity contribution is 5.83. The van der Waals surface area contributed by atoms with Crippen LogP contribution in [-0.4, -0.2) is 53.2 Å². The molecule has 0 aromatic heterocycles. The summed E-state index contributed by atoms with van der Waals surface area (Å²) in [6.45, 7) is 1.96. The average molecular weight is 465 g/mol. The summed E-state index contributed by atoms with van der Waals surface area (Å²) >= 11 is 0. The van der Waals surface area contributed by atoms with Gasteiger partial charge in [-0.25, -0.2) is 4.79 Å². The van der Waals surface area contributed by atoms with Crippen LogP contribution >= 0.6 is 0 Å². The molecular formula is C27H32N2O5. The number of hydrogen-bond acceptors (Lipinski definition) is 4. The molecule has 7 heteroatoms. The van der Waals surface area contributed by atoms with Gasteiger partial charge in [-0.2, -0.15) is 0 Å². The van der Waals surface area contributed by atoms with Crippen LogP contribution in [0.2, 0.25) is 0 Å². The van der Waals surface area contributed by atoms with Crippen LogP contribution in [0.4, 0.5) is 4.79 Å². The van der Waals surface area contributed by atoms with Crippen LogP contribution in [-0.2, 0) is 14.3 Å². The zero-order valence-electron chi connectivity index (χ0n) is 19.5. The smallest absolute Gasteiger partial charge is 0.407 e. The zero-order chi connectivity index (χ0) is 24.1. The van der Waals surface area contributed by atoms with E-state index in [1.54, 1.807) is 0 Å².